The Hall–Kier alpha value is -0.360. The predicted octanol–water partition coefficient (Wildman–Crippen LogP) is 1.29. The summed E-state index contributed by atoms with van der Waals surface area (Å²) in [6.07, 6.45) is 4.34. The second-order valence-electron chi connectivity index (χ2n) is 6.04. The molecule has 1 aliphatic carbocycles. The third-order valence-electron chi connectivity index (χ3n) is 4.66. The molecule has 0 aromatic rings. The molecule has 0 bridgehead atoms. The molecule has 5 nitrogen and oxygen atoms in total. The topological polar surface area (TPSA) is 64.8 Å². The summed E-state index contributed by atoms with van der Waals surface area (Å²) in [5.74, 6) is 1.39. The fraction of sp³-hybridized carbons (Fsp3) is 0.933. The van der Waals surface area contributed by atoms with Gasteiger partial charge in [0.15, 0.2) is 0 Å². The Labute approximate surface area is 133 Å². The molecule has 21 heavy (non-hydrogen) atoms. The summed E-state index contributed by atoms with van der Waals surface area (Å²) in [5, 5.41) is 0. The van der Waals surface area contributed by atoms with Gasteiger partial charge in [0.2, 0.25) is 5.91 Å². The highest BCUT2D eigenvalue weighted by atomic mass is 35.5. The van der Waals surface area contributed by atoms with Gasteiger partial charge in [-0.25, -0.2) is 0 Å². The molecule has 0 aromatic heterocycles. The summed E-state index contributed by atoms with van der Waals surface area (Å²) in [4.78, 5) is 14.6. The molecule has 3 atom stereocenters. The van der Waals surface area contributed by atoms with Gasteiger partial charge < -0.3 is 20.1 Å². The number of nitrogens with two attached hydrogens (primary N) is 1. The van der Waals surface area contributed by atoms with Crippen LogP contribution in [0.3, 0.4) is 0 Å². The van der Waals surface area contributed by atoms with Gasteiger partial charge in [0.25, 0.3) is 0 Å². The number of halogens is 1. The van der Waals surface area contributed by atoms with Gasteiger partial charge in [0, 0.05) is 32.0 Å². The molecule has 0 aromatic carbocycles. The summed E-state index contributed by atoms with van der Waals surface area (Å²) < 4.78 is 10.5. The van der Waals surface area contributed by atoms with E-state index in [1.54, 1.807) is 7.11 Å². The number of nitrogens with zero attached hydrogens (tertiary/aromatic N) is 1. The van der Waals surface area contributed by atoms with Crippen LogP contribution in [0.5, 0.6) is 0 Å². The SMILES string of the molecule is COCCOCC1CCN(C(=O)[C@@H]2CCC[C@@H]2CN)C1.Cl. The lowest BCUT2D eigenvalue weighted by molar-refractivity contribution is -0.135. The van der Waals surface area contributed by atoms with Crippen LogP contribution in [-0.2, 0) is 14.3 Å². The molecule has 2 rings (SSSR count). The van der Waals surface area contributed by atoms with E-state index < -0.39 is 0 Å². The standard InChI is InChI=1S/C15H28N2O3.ClH/c1-19-7-8-20-11-12-5-6-17(10-12)15(18)14-4-2-3-13(14)9-16;/h12-14H,2-11,16H2,1H3;1H/t12?,13-,14-;/m1./s1. The monoisotopic (exact) mass is 320 g/mol. The van der Waals surface area contributed by atoms with Crippen molar-refractivity contribution in [3.63, 3.8) is 0 Å². The molecule has 2 aliphatic rings. The third-order valence-corrected chi connectivity index (χ3v) is 4.66. The first-order chi connectivity index (χ1) is 9.76. The van der Waals surface area contributed by atoms with E-state index in [0.29, 0.717) is 37.5 Å². The van der Waals surface area contributed by atoms with Crippen LogP contribution in [0.4, 0.5) is 0 Å². The zero-order valence-corrected chi connectivity index (χ0v) is 13.8. The van der Waals surface area contributed by atoms with Gasteiger partial charge in [0.1, 0.15) is 0 Å². The van der Waals surface area contributed by atoms with Crippen LogP contribution in [-0.4, -0.2) is 57.4 Å². The molecular weight excluding hydrogens is 292 g/mol. The third kappa shape index (κ3) is 5.09. The molecule has 1 saturated heterocycles. The van der Waals surface area contributed by atoms with E-state index in [2.05, 4.69) is 0 Å². The number of methoxy groups -OCH3 is 1. The summed E-state index contributed by atoms with van der Waals surface area (Å²) in [6.45, 7) is 4.38. The first kappa shape index (κ1) is 18.7. The van der Waals surface area contributed by atoms with Crippen LogP contribution in [0.2, 0.25) is 0 Å². The van der Waals surface area contributed by atoms with E-state index in [-0.39, 0.29) is 18.3 Å². The first-order valence-electron chi connectivity index (χ1n) is 7.81. The van der Waals surface area contributed by atoms with Crippen LogP contribution >= 0.6 is 12.4 Å². The van der Waals surface area contributed by atoms with Crippen LogP contribution in [0.15, 0.2) is 0 Å². The molecule has 1 amide bonds. The molecule has 2 fully saturated rings. The van der Waals surface area contributed by atoms with E-state index in [1.165, 1.54) is 0 Å². The number of rotatable bonds is 7. The lowest BCUT2D eigenvalue weighted by Crippen LogP contribution is -2.38. The van der Waals surface area contributed by atoms with Crippen LogP contribution in [0, 0.1) is 17.8 Å². The Balaban J connectivity index is 0.00000220. The first-order valence-corrected chi connectivity index (χ1v) is 7.81. The fourth-order valence-corrected chi connectivity index (χ4v) is 3.44. The Morgan fingerprint density at radius 3 is 2.81 bits per heavy atom. The normalized spacial score (nSPS) is 28.7. The van der Waals surface area contributed by atoms with Crippen molar-refractivity contribution in [3.8, 4) is 0 Å². The zero-order chi connectivity index (χ0) is 14.4. The minimum atomic E-state index is 0. The number of carbonyl (C=O) groups excluding carboxylic acids is 1. The van der Waals surface area contributed by atoms with Crippen molar-refractivity contribution in [2.75, 3.05) is 46.6 Å². The molecule has 0 radical (unpaired) electrons. The number of hydrogen-bond donors (Lipinski definition) is 1. The average Bonchev–Trinajstić information content (AvgIpc) is 3.11. The van der Waals surface area contributed by atoms with Crippen LogP contribution < -0.4 is 5.73 Å². The zero-order valence-electron chi connectivity index (χ0n) is 13.0. The van der Waals surface area contributed by atoms with Crippen molar-refractivity contribution in [2.45, 2.75) is 25.7 Å². The smallest absolute Gasteiger partial charge is 0.226 e. The Bertz CT molecular complexity index is 317. The largest absolute Gasteiger partial charge is 0.382 e. The Kier molecular flexibility index (Phi) is 8.56. The van der Waals surface area contributed by atoms with Gasteiger partial charge in [-0.15, -0.1) is 12.4 Å². The number of amides is 1. The molecule has 124 valence electrons. The molecular formula is C15H29ClN2O3. The van der Waals surface area contributed by atoms with Gasteiger partial charge >= 0.3 is 0 Å². The summed E-state index contributed by atoms with van der Waals surface area (Å²) in [7, 11) is 1.68. The lowest BCUT2D eigenvalue weighted by Gasteiger charge is -2.24. The van der Waals surface area contributed by atoms with E-state index in [1.807, 2.05) is 4.90 Å². The van der Waals surface area contributed by atoms with Crippen molar-refractivity contribution in [1.82, 2.24) is 4.90 Å². The molecule has 1 heterocycles. The maximum absolute atomic E-state index is 12.5. The highest BCUT2D eigenvalue weighted by molar-refractivity contribution is 5.85. The van der Waals surface area contributed by atoms with E-state index in [0.717, 1.165) is 45.4 Å². The number of carbonyl (C=O) groups is 1. The molecule has 1 aliphatic heterocycles. The van der Waals surface area contributed by atoms with Crippen molar-refractivity contribution in [2.24, 2.45) is 23.5 Å². The maximum atomic E-state index is 12.5. The van der Waals surface area contributed by atoms with Crippen molar-refractivity contribution < 1.29 is 14.3 Å². The minimum Gasteiger partial charge on any atom is -0.382 e. The van der Waals surface area contributed by atoms with Gasteiger partial charge in [-0.2, -0.15) is 0 Å². The molecule has 2 N–H and O–H groups in total. The molecule has 1 saturated carbocycles. The summed E-state index contributed by atoms with van der Waals surface area (Å²) >= 11 is 0. The van der Waals surface area contributed by atoms with Crippen LogP contribution in [0.1, 0.15) is 25.7 Å². The highest BCUT2D eigenvalue weighted by Crippen LogP contribution is 2.33. The second-order valence-corrected chi connectivity index (χ2v) is 6.04. The Morgan fingerprint density at radius 2 is 2.10 bits per heavy atom. The number of hydrogen-bond acceptors (Lipinski definition) is 4. The lowest BCUT2D eigenvalue weighted by atomic mass is 9.95. The summed E-state index contributed by atoms with van der Waals surface area (Å²) in [5.41, 5.74) is 5.78. The molecule has 0 spiro atoms. The Morgan fingerprint density at radius 1 is 1.29 bits per heavy atom. The minimum absolute atomic E-state index is 0. The average molecular weight is 321 g/mol. The highest BCUT2D eigenvalue weighted by Gasteiger charge is 2.37. The molecule has 1 unspecified atom stereocenters. The quantitative estimate of drug-likeness (QED) is 0.718. The van der Waals surface area contributed by atoms with Gasteiger partial charge in [-0.3, -0.25) is 4.79 Å². The van der Waals surface area contributed by atoms with Gasteiger partial charge in [-0.05, 0) is 31.7 Å². The maximum Gasteiger partial charge on any atom is 0.226 e. The number of ether oxygens (including phenoxy) is 2. The second kappa shape index (κ2) is 9.62. The number of likely N-dealkylation sites (tertiary alicyclic amines) is 1. The van der Waals surface area contributed by atoms with Crippen molar-refractivity contribution >= 4 is 18.3 Å². The van der Waals surface area contributed by atoms with Gasteiger partial charge in [-0.1, -0.05) is 6.42 Å². The predicted molar refractivity (Wildman–Crippen MR) is 84.5 cm³/mol. The van der Waals surface area contributed by atoms with Gasteiger partial charge in [0.05, 0.1) is 19.8 Å². The van der Waals surface area contributed by atoms with E-state index >= 15 is 0 Å². The van der Waals surface area contributed by atoms with E-state index in [9.17, 15) is 4.79 Å². The fourth-order valence-electron chi connectivity index (χ4n) is 3.44. The molecule has 6 heteroatoms. The van der Waals surface area contributed by atoms with E-state index in [4.69, 9.17) is 15.2 Å². The van der Waals surface area contributed by atoms with Crippen LogP contribution in [0.25, 0.3) is 0 Å². The van der Waals surface area contributed by atoms with Crippen molar-refractivity contribution in [3.05, 3.63) is 0 Å². The summed E-state index contributed by atoms with van der Waals surface area (Å²) in [6, 6.07) is 0. The van der Waals surface area contributed by atoms with Crippen molar-refractivity contribution in [1.29, 1.82) is 0 Å².